The first-order valence-electron chi connectivity index (χ1n) is 6.20. The van der Waals surface area contributed by atoms with Gasteiger partial charge in [0.2, 0.25) is 5.88 Å². The molecule has 0 spiro atoms. The molecule has 22 heavy (non-hydrogen) atoms. The van der Waals surface area contributed by atoms with E-state index in [-0.39, 0.29) is 11.7 Å². The van der Waals surface area contributed by atoms with E-state index in [1.54, 1.807) is 31.2 Å². The number of carbonyl (C=O) groups excluding carboxylic acids is 1. The minimum atomic E-state index is -2.62. The minimum Gasteiger partial charge on any atom is -0.755 e. The smallest absolute Gasteiger partial charge is 0.309 e. The van der Waals surface area contributed by atoms with Crippen molar-refractivity contribution in [3.8, 4) is 5.88 Å². The number of esters is 1. The maximum absolute atomic E-state index is 11.6. The first-order chi connectivity index (χ1) is 10.4. The Morgan fingerprint density at radius 2 is 2.00 bits per heavy atom. The first kappa shape index (κ1) is 16.4. The van der Waals surface area contributed by atoms with E-state index < -0.39 is 17.2 Å². The molecule has 1 heterocycles. The summed E-state index contributed by atoms with van der Waals surface area (Å²) in [6, 6.07) is 9.40. The summed E-state index contributed by atoms with van der Waals surface area (Å²) in [5, 5.41) is 0.434. The fourth-order valence-corrected chi connectivity index (χ4v) is 2.60. The molecule has 1 aromatic heterocycles. The summed E-state index contributed by atoms with van der Waals surface area (Å²) in [6.07, 6.45) is 0. The molecule has 0 amide bonds. The van der Waals surface area contributed by atoms with Crippen molar-refractivity contribution in [3.63, 3.8) is 0 Å². The molecule has 1 unspecified atom stereocenters. The summed E-state index contributed by atoms with van der Waals surface area (Å²) in [4.78, 5) is 15.0. The highest BCUT2D eigenvalue weighted by molar-refractivity contribution is 7.81. The molecule has 0 radical (unpaired) electrons. The van der Waals surface area contributed by atoms with Crippen molar-refractivity contribution in [2.45, 2.75) is 13.8 Å². The number of carbonyl (C=O) groups is 1. The minimum absolute atomic E-state index is 0.0140. The summed E-state index contributed by atoms with van der Waals surface area (Å²) in [5.74, 6) is -0.434. The Kier molecular flexibility index (Phi) is 5.12. The second-order valence-corrected chi connectivity index (χ2v) is 5.53. The lowest BCUT2D eigenvalue weighted by Crippen LogP contribution is -2.21. The summed E-state index contributed by atoms with van der Waals surface area (Å²) >= 11 is 3.41. The van der Waals surface area contributed by atoms with Crippen LogP contribution in [0.15, 0.2) is 36.4 Å². The Labute approximate surface area is 135 Å². The number of hydrogen-bond donors (Lipinski definition) is 0. The average Bonchev–Trinajstić information content (AvgIpc) is 2.43. The Bertz CT molecular complexity index is 739. The SMILES string of the molecule is CC(=O)Oc1cccc(N(c2cccc(Cl)c2C)S(=O)[O-])n1. The zero-order valence-corrected chi connectivity index (χ0v) is 13.4. The lowest BCUT2D eigenvalue weighted by atomic mass is 10.2. The largest absolute Gasteiger partial charge is 0.755 e. The van der Waals surface area contributed by atoms with Crippen molar-refractivity contribution < 1.29 is 18.3 Å². The number of nitrogens with zero attached hydrogens (tertiary/aromatic N) is 2. The van der Waals surface area contributed by atoms with Crippen LogP contribution in [0.2, 0.25) is 5.02 Å². The van der Waals surface area contributed by atoms with Crippen molar-refractivity contribution >= 4 is 40.3 Å². The lowest BCUT2D eigenvalue weighted by molar-refractivity contribution is -0.132. The lowest BCUT2D eigenvalue weighted by Gasteiger charge is -2.27. The highest BCUT2D eigenvalue weighted by Gasteiger charge is 2.16. The molecule has 0 fully saturated rings. The molecule has 0 saturated heterocycles. The zero-order valence-electron chi connectivity index (χ0n) is 11.8. The Balaban J connectivity index is 2.51. The van der Waals surface area contributed by atoms with Crippen LogP contribution in [-0.4, -0.2) is 19.7 Å². The van der Waals surface area contributed by atoms with E-state index in [4.69, 9.17) is 16.3 Å². The topological polar surface area (TPSA) is 82.6 Å². The Hall–Kier alpha value is -1.96. The third kappa shape index (κ3) is 3.62. The predicted octanol–water partition coefficient (Wildman–Crippen LogP) is 2.90. The number of anilines is 2. The van der Waals surface area contributed by atoms with E-state index in [1.807, 2.05) is 0 Å². The molecule has 0 aliphatic heterocycles. The monoisotopic (exact) mass is 339 g/mol. The van der Waals surface area contributed by atoms with Gasteiger partial charge in [-0.05, 0) is 30.7 Å². The van der Waals surface area contributed by atoms with Crippen molar-refractivity contribution in [3.05, 3.63) is 47.0 Å². The fraction of sp³-hybridized carbons (Fsp3) is 0.143. The van der Waals surface area contributed by atoms with Gasteiger partial charge in [0.1, 0.15) is 5.82 Å². The average molecular weight is 340 g/mol. The number of benzene rings is 1. The molecular formula is C14H12ClN2O4S-. The van der Waals surface area contributed by atoms with Gasteiger partial charge in [-0.2, -0.15) is 4.98 Å². The van der Waals surface area contributed by atoms with Crippen LogP contribution in [0.1, 0.15) is 12.5 Å². The van der Waals surface area contributed by atoms with Gasteiger partial charge in [-0.3, -0.25) is 13.3 Å². The molecule has 2 rings (SSSR count). The van der Waals surface area contributed by atoms with E-state index in [0.717, 1.165) is 4.31 Å². The van der Waals surface area contributed by atoms with Gasteiger partial charge in [0.15, 0.2) is 0 Å². The van der Waals surface area contributed by atoms with Gasteiger partial charge in [0.05, 0.1) is 17.0 Å². The maximum atomic E-state index is 11.6. The Morgan fingerprint density at radius 3 is 2.64 bits per heavy atom. The van der Waals surface area contributed by atoms with Crippen LogP contribution in [0.3, 0.4) is 0 Å². The third-order valence-electron chi connectivity index (χ3n) is 2.77. The number of pyridine rings is 1. The van der Waals surface area contributed by atoms with Crippen LogP contribution < -0.4 is 9.04 Å². The zero-order chi connectivity index (χ0) is 16.3. The van der Waals surface area contributed by atoms with Crippen LogP contribution in [0.4, 0.5) is 11.5 Å². The van der Waals surface area contributed by atoms with Gasteiger partial charge in [-0.25, -0.2) is 0 Å². The third-order valence-corrected chi connectivity index (χ3v) is 3.86. The van der Waals surface area contributed by atoms with E-state index in [2.05, 4.69) is 4.98 Å². The van der Waals surface area contributed by atoms with Crippen molar-refractivity contribution in [2.75, 3.05) is 4.31 Å². The fourth-order valence-electron chi connectivity index (χ4n) is 1.82. The van der Waals surface area contributed by atoms with Crippen LogP contribution in [0.25, 0.3) is 0 Å². The number of halogens is 1. The number of hydrogen-bond acceptors (Lipinski definition) is 5. The van der Waals surface area contributed by atoms with E-state index in [1.165, 1.54) is 19.1 Å². The van der Waals surface area contributed by atoms with Gasteiger partial charge < -0.3 is 9.29 Å². The molecule has 1 atom stereocenters. The molecule has 1 aromatic carbocycles. The molecule has 6 nitrogen and oxygen atoms in total. The standard InChI is InChI=1S/C14H13ClN2O4S/c1-9-11(15)5-3-6-12(9)17(22(19)20)13-7-4-8-14(16-13)21-10(2)18/h3-8H,1-2H3,(H,19,20)/p-1. The molecule has 2 aromatic rings. The summed E-state index contributed by atoms with van der Waals surface area (Å²) in [7, 11) is 0. The quantitative estimate of drug-likeness (QED) is 0.631. The number of rotatable bonds is 4. The van der Waals surface area contributed by atoms with Crippen LogP contribution in [0.5, 0.6) is 5.88 Å². The molecule has 0 saturated carbocycles. The van der Waals surface area contributed by atoms with Crippen molar-refractivity contribution in [1.82, 2.24) is 4.98 Å². The van der Waals surface area contributed by atoms with Crippen molar-refractivity contribution in [1.29, 1.82) is 0 Å². The van der Waals surface area contributed by atoms with Gasteiger partial charge >= 0.3 is 5.97 Å². The van der Waals surface area contributed by atoms with Crippen LogP contribution >= 0.6 is 11.6 Å². The molecule has 0 aliphatic rings. The van der Waals surface area contributed by atoms with E-state index in [9.17, 15) is 13.6 Å². The number of ether oxygens (including phenoxy) is 1. The molecule has 8 heteroatoms. The van der Waals surface area contributed by atoms with Gasteiger partial charge in [-0.15, -0.1) is 0 Å². The highest BCUT2D eigenvalue weighted by atomic mass is 35.5. The number of aromatic nitrogens is 1. The molecule has 0 aliphatic carbocycles. The second kappa shape index (κ2) is 6.87. The predicted molar refractivity (Wildman–Crippen MR) is 82.8 cm³/mol. The van der Waals surface area contributed by atoms with Gasteiger partial charge in [0, 0.05) is 18.0 Å². The van der Waals surface area contributed by atoms with Crippen LogP contribution in [-0.2, 0) is 16.1 Å². The Morgan fingerprint density at radius 1 is 1.32 bits per heavy atom. The van der Waals surface area contributed by atoms with Crippen LogP contribution in [0, 0.1) is 6.92 Å². The highest BCUT2D eigenvalue weighted by Crippen LogP contribution is 2.32. The summed E-state index contributed by atoms with van der Waals surface area (Å²) in [5.41, 5.74) is 0.960. The van der Waals surface area contributed by atoms with Gasteiger partial charge in [0.25, 0.3) is 0 Å². The van der Waals surface area contributed by atoms with E-state index in [0.29, 0.717) is 16.3 Å². The molecule has 116 valence electrons. The molecule has 0 N–H and O–H groups in total. The van der Waals surface area contributed by atoms with Gasteiger partial charge in [-0.1, -0.05) is 23.7 Å². The van der Waals surface area contributed by atoms with E-state index >= 15 is 0 Å². The molecular weight excluding hydrogens is 328 g/mol. The normalized spacial score (nSPS) is 11.8. The second-order valence-electron chi connectivity index (χ2n) is 4.32. The summed E-state index contributed by atoms with van der Waals surface area (Å²) < 4.78 is 29.1. The maximum Gasteiger partial charge on any atom is 0.309 e. The first-order valence-corrected chi connectivity index (χ1v) is 7.61. The summed E-state index contributed by atoms with van der Waals surface area (Å²) in [6.45, 7) is 2.94. The molecule has 0 bridgehead atoms. The van der Waals surface area contributed by atoms with Crippen molar-refractivity contribution in [2.24, 2.45) is 0 Å².